The number of carbonyl (C=O) groups is 1. The highest BCUT2D eigenvalue weighted by atomic mass is 32.2. The molecule has 254 valence electrons. The van der Waals surface area contributed by atoms with Crippen LogP contribution in [-0.2, 0) is 13.6 Å². The molecule has 3 N–H and O–H groups in total. The smallest absolute Gasteiger partial charge is 0.335 e. The van der Waals surface area contributed by atoms with Crippen LogP contribution in [0, 0.1) is 25.2 Å². The summed E-state index contributed by atoms with van der Waals surface area (Å²) in [5, 5.41) is 13.2. The summed E-state index contributed by atoms with van der Waals surface area (Å²) >= 11 is 1.26. The summed E-state index contributed by atoms with van der Waals surface area (Å²) in [6.07, 6.45) is 6.72. The van der Waals surface area contributed by atoms with E-state index in [1.54, 1.807) is 18.2 Å². The zero-order valence-corrected chi connectivity index (χ0v) is 29.3. The standard InChI is InChI=1S/C37H42N8O3S/c1-21(2)33-43-32-34(45(33)5)40-27(19-39-32)18-38-26(17-37-14-24(15-37)16-37)20-48-30-13-29(31-22(3)8-6-9-23(31)4)41-36(42-30)44-49-28-11-7-10-25(12-28)35(46)47/h6-13,19,21,24,26,38H,14-18,20H2,1-5H3,(H,46,47)(H,41,42,44). The van der Waals surface area contributed by atoms with Gasteiger partial charge in [-0.25, -0.2) is 24.7 Å². The second-order valence-electron chi connectivity index (χ2n) is 14.0. The molecule has 11 nitrogen and oxygen atoms in total. The molecule has 0 aliphatic heterocycles. The Kier molecular flexibility index (Phi) is 9.01. The van der Waals surface area contributed by atoms with E-state index in [0.29, 0.717) is 36.0 Å². The minimum atomic E-state index is -0.974. The molecular weight excluding hydrogens is 637 g/mol. The lowest BCUT2D eigenvalue weighted by atomic mass is 9.43. The van der Waals surface area contributed by atoms with Crippen LogP contribution >= 0.6 is 11.9 Å². The van der Waals surface area contributed by atoms with Crippen molar-refractivity contribution in [2.45, 2.75) is 76.8 Å². The lowest BCUT2D eigenvalue weighted by molar-refractivity contribution is -0.119. The summed E-state index contributed by atoms with van der Waals surface area (Å²) in [5.74, 6) is 2.02. The van der Waals surface area contributed by atoms with Gasteiger partial charge in [-0.05, 0) is 92.1 Å². The van der Waals surface area contributed by atoms with Crippen LogP contribution in [-0.4, -0.2) is 53.2 Å². The minimum Gasteiger partial charge on any atom is -0.478 e. The second kappa shape index (κ2) is 13.4. The first-order chi connectivity index (χ1) is 23.6. The van der Waals surface area contributed by atoms with E-state index >= 15 is 0 Å². The number of benzene rings is 2. The number of carboxylic acid groups (broad SMARTS) is 1. The molecule has 0 spiro atoms. The Balaban J connectivity index is 1.11. The Morgan fingerprint density at radius 2 is 1.82 bits per heavy atom. The van der Waals surface area contributed by atoms with Crippen LogP contribution in [0.25, 0.3) is 22.6 Å². The first kappa shape index (κ1) is 33.0. The van der Waals surface area contributed by atoms with Crippen LogP contribution in [0.3, 0.4) is 0 Å². The number of imidazole rings is 1. The molecule has 8 rings (SSSR count). The monoisotopic (exact) mass is 678 g/mol. The van der Waals surface area contributed by atoms with E-state index in [0.717, 1.165) is 56.8 Å². The Hall–Kier alpha value is -4.55. The molecule has 12 heteroatoms. The van der Waals surface area contributed by atoms with Gasteiger partial charge in [0.1, 0.15) is 12.4 Å². The van der Waals surface area contributed by atoms with Gasteiger partial charge in [0.15, 0.2) is 11.3 Å². The van der Waals surface area contributed by atoms with Crippen LogP contribution in [0.2, 0.25) is 0 Å². The van der Waals surface area contributed by atoms with Crippen molar-refractivity contribution >= 4 is 35.2 Å². The van der Waals surface area contributed by atoms with E-state index in [-0.39, 0.29) is 17.5 Å². The Bertz CT molecular complexity index is 1990. The molecule has 3 heterocycles. The number of anilines is 1. The predicted molar refractivity (Wildman–Crippen MR) is 191 cm³/mol. The van der Waals surface area contributed by atoms with Gasteiger partial charge in [-0.1, -0.05) is 38.1 Å². The quantitative estimate of drug-likeness (QED) is 0.104. The molecule has 0 saturated heterocycles. The number of hydrogen-bond donors (Lipinski definition) is 3. The third-order valence-corrected chi connectivity index (χ3v) is 10.6. The largest absolute Gasteiger partial charge is 0.478 e. The zero-order valence-electron chi connectivity index (χ0n) is 28.5. The molecule has 5 aromatic rings. The molecule has 3 aliphatic carbocycles. The Morgan fingerprint density at radius 3 is 2.51 bits per heavy atom. The number of carboxylic acids is 1. The highest BCUT2D eigenvalue weighted by Gasteiger charge is 2.56. The van der Waals surface area contributed by atoms with E-state index in [4.69, 9.17) is 19.7 Å². The second-order valence-corrected chi connectivity index (χ2v) is 14.9. The zero-order chi connectivity index (χ0) is 34.3. The number of ether oxygens (including phenoxy) is 1. The van der Waals surface area contributed by atoms with E-state index in [9.17, 15) is 9.90 Å². The number of aromatic carboxylic acids is 1. The Morgan fingerprint density at radius 1 is 1.06 bits per heavy atom. The average molecular weight is 679 g/mol. The van der Waals surface area contributed by atoms with Crippen molar-refractivity contribution in [3.05, 3.63) is 82.9 Å². The molecule has 0 amide bonds. The van der Waals surface area contributed by atoms with E-state index < -0.39 is 5.97 Å². The van der Waals surface area contributed by atoms with Crippen molar-refractivity contribution in [3.8, 4) is 17.1 Å². The summed E-state index contributed by atoms with van der Waals surface area (Å²) < 4.78 is 11.8. The minimum absolute atomic E-state index is 0.0830. The maximum Gasteiger partial charge on any atom is 0.335 e. The number of nitrogens with zero attached hydrogens (tertiary/aromatic N) is 6. The normalized spacial score (nSPS) is 18.6. The molecule has 2 bridgehead atoms. The first-order valence-electron chi connectivity index (χ1n) is 16.8. The highest BCUT2D eigenvalue weighted by molar-refractivity contribution is 8.00. The van der Waals surface area contributed by atoms with Gasteiger partial charge in [0.05, 0.1) is 23.1 Å². The van der Waals surface area contributed by atoms with Gasteiger partial charge >= 0.3 is 5.97 Å². The molecule has 3 saturated carbocycles. The van der Waals surface area contributed by atoms with Gasteiger partial charge in [-0.2, -0.15) is 4.98 Å². The summed E-state index contributed by atoms with van der Waals surface area (Å²) in [6.45, 7) is 9.39. The van der Waals surface area contributed by atoms with Crippen molar-refractivity contribution in [2.24, 2.45) is 18.4 Å². The lowest BCUT2D eigenvalue weighted by Gasteiger charge is -2.63. The molecule has 3 fully saturated rings. The SMILES string of the molecule is Cc1cccc(C)c1-c1cc(OCC(CC23CC(C2)C3)NCc2cnc3nc(C(C)C)n(C)c3n2)nc(NSc2cccc(C(=O)O)c2)n1. The van der Waals surface area contributed by atoms with Gasteiger partial charge in [0.2, 0.25) is 11.8 Å². The van der Waals surface area contributed by atoms with Crippen molar-refractivity contribution < 1.29 is 14.6 Å². The Labute approximate surface area is 290 Å². The molecule has 0 radical (unpaired) electrons. The van der Waals surface area contributed by atoms with Gasteiger partial charge in [0, 0.05) is 42.1 Å². The number of nitrogens with one attached hydrogen (secondary N) is 2. The lowest BCUT2D eigenvalue weighted by Crippen LogP contribution is -2.55. The number of aryl methyl sites for hydroxylation is 3. The number of fused-ring (bicyclic) bond motifs is 1. The van der Waals surface area contributed by atoms with Crippen LogP contribution < -0.4 is 14.8 Å². The van der Waals surface area contributed by atoms with Gasteiger partial charge in [0.25, 0.3) is 0 Å². The first-order valence-corrected chi connectivity index (χ1v) is 17.6. The third-order valence-electron chi connectivity index (χ3n) is 9.81. The van der Waals surface area contributed by atoms with Crippen molar-refractivity contribution in [1.82, 2.24) is 34.8 Å². The molecule has 3 aromatic heterocycles. The van der Waals surface area contributed by atoms with E-state index in [1.165, 1.54) is 31.2 Å². The van der Waals surface area contributed by atoms with Gasteiger partial charge in [-0.3, -0.25) is 4.72 Å². The number of hydrogen-bond acceptors (Lipinski definition) is 10. The molecule has 1 atom stereocenters. The fraction of sp³-hybridized carbons (Fsp3) is 0.405. The average Bonchev–Trinajstić information content (AvgIpc) is 3.38. The summed E-state index contributed by atoms with van der Waals surface area (Å²) in [5.41, 5.74) is 6.94. The molecule has 1 unspecified atom stereocenters. The summed E-state index contributed by atoms with van der Waals surface area (Å²) in [6, 6.07) is 14.9. The third kappa shape index (κ3) is 6.98. The predicted octanol–water partition coefficient (Wildman–Crippen LogP) is 7.11. The molecule has 49 heavy (non-hydrogen) atoms. The van der Waals surface area contributed by atoms with Crippen molar-refractivity contribution in [3.63, 3.8) is 0 Å². The summed E-state index contributed by atoms with van der Waals surface area (Å²) in [7, 11) is 2.00. The van der Waals surface area contributed by atoms with Crippen LogP contribution in [0.4, 0.5) is 5.95 Å². The van der Waals surface area contributed by atoms with E-state index in [2.05, 4.69) is 59.8 Å². The van der Waals surface area contributed by atoms with Crippen LogP contribution in [0.15, 0.2) is 59.6 Å². The highest BCUT2D eigenvalue weighted by Crippen LogP contribution is 2.66. The van der Waals surface area contributed by atoms with Crippen molar-refractivity contribution in [2.75, 3.05) is 11.3 Å². The topological polar surface area (TPSA) is 140 Å². The fourth-order valence-electron chi connectivity index (χ4n) is 7.35. The van der Waals surface area contributed by atoms with Crippen LogP contribution in [0.1, 0.15) is 78.5 Å². The van der Waals surface area contributed by atoms with Crippen molar-refractivity contribution in [1.29, 1.82) is 0 Å². The van der Waals surface area contributed by atoms with E-state index in [1.807, 2.05) is 36.0 Å². The maximum atomic E-state index is 11.5. The van der Waals surface area contributed by atoms with Crippen LogP contribution in [0.5, 0.6) is 5.88 Å². The number of aromatic nitrogens is 6. The summed E-state index contributed by atoms with van der Waals surface area (Å²) in [4.78, 5) is 36.1. The number of rotatable bonds is 14. The van der Waals surface area contributed by atoms with Gasteiger partial charge in [-0.15, -0.1) is 0 Å². The molecular formula is C37H42N8O3S. The molecule has 2 aromatic carbocycles. The fourth-order valence-corrected chi connectivity index (χ4v) is 7.98. The molecule has 3 aliphatic rings. The maximum absolute atomic E-state index is 11.5. The van der Waals surface area contributed by atoms with Gasteiger partial charge < -0.3 is 19.7 Å².